The first kappa shape index (κ1) is 14.2. The molecule has 0 bridgehead atoms. The summed E-state index contributed by atoms with van der Waals surface area (Å²) in [5, 5.41) is 22.2. The Morgan fingerprint density at radius 2 is 2.06 bits per heavy atom. The molecule has 0 saturated heterocycles. The van der Waals surface area contributed by atoms with Crippen molar-refractivity contribution < 1.29 is 14.8 Å². The van der Waals surface area contributed by atoms with Gasteiger partial charge in [-0.3, -0.25) is 10.1 Å². The van der Waals surface area contributed by atoms with Crippen molar-refractivity contribution in [1.29, 1.82) is 0 Å². The zero-order valence-electron chi connectivity index (χ0n) is 8.68. The van der Waals surface area contributed by atoms with Crippen molar-refractivity contribution in [2.24, 2.45) is 0 Å². The predicted molar refractivity (Wildman–Crippen MR) is 61.6 cm³/mol. The SMILES string of the molecule is CNc1cc(C)c([N+](=O)[O-])c(C(=O)O)c1.Cl. The van der Waals surface area contributed by atoms with Gasteiger partial charge in [-0.05, 0) is 19.1 Å². The number of hydrogen-bond donors (Lipinski definition) is 2. The van der Waals surface area contributed by atoms with Gasteiger partial charge in [-0.25, -0.2) is 4.79 Å². The van der Waals surface area contributed by atoms with Crippen LogP contribution in [0.2, 0.25) is 0 Å². The number of carboxylic acids is 1. The molecule has 0 amide bonds. The van der Waals surface area contributed by atoms with Gasteiger partial charge in [-0.2, -0.15) is 0 Å². The highest BCUT2D eigenvalue weighted by Gasteiger charge is 2.23. The summed E-state index contributed by atoms with van der Waals surface area (Å²) in [7, 11) is 1.62. The van der Waals surface area contributed by atoms with Crippen LogP contribution in [0.4, 0.5) is 11.4 Å². The van der Waals surface area contributed by atoms with Crippen molar-refractivity contribution in [3.63, 3.8) is 0 Å². The third-order valence-electron chi connectivity index (χ3n) is 2.00. The second kappa shape index (κ2) is 5.32. The standard InChI is InChI=1S/C9H10N2O4.ClH/c1-5-3-6(10-2)4-7(9(12)13)8(5)11(14)15;/h3-4,10H,1-2H3,(H,12,13);1H. The number of nitrogens with one attached hydrogen (secondary N) is 1. The fourth-order valence-corrected chi connectivity index (χ4v) is 1.33. The third kappa shape index (κ3) is 2.60. The summed E-state index contributed by atoms with van der Waals surface area (Å²) in [4.78, 5) is 20.8. The first-order valence-electron chi connectivity index (χ1n) is 4.17. The molecule has 6 nitrogen and oxygen atoms in total. The van der Waals surface area contributed by atoms with E-state index in [1.165, 1.54) is 19.1 Å². The quantitative estimate of drug-likeness (QED) is 0.629. The summed E-state index contributed by atoms with van der Waals surface area (Å²) < 4.78 is 0. The Morgan fingerprint density at radius 1 is 1.50 bits per heavy atom. The Labute approximate surface area is 97.8 Å². The van der Waals surface area contributed by atoms with Crippen molar-refractivity contribution in [3.05, 3.63) is 33.4 Å². The Balaban J connectivity index is 0.00000225. The van der Waals surface area contributed by atoms with Gasteiger partial charge in [0.2, 0.25) is 0 Å². The summed E-state index contributed by atoms with van der Waals surface area (Å²) in [6.45, 7) is 1.51. The Bertz CT molecular complexity index is 434. The van der Waals surface area contributed by atoms with Crippen molar-refractivity contribution in [1.82, 2.24) is 0 Å². The topological polar surface area (TPSA) is 92.5 Å². The molecule has 0 aromatic heterocycles. The van der Waals surface area contributed by atoms with Gasteiger partial charge in [0.25, 0.3) is 5.69 Å². The molecular weight excluding hydrogens is 236 g/mol. The fraction of sp³-hybridized carbons (Fsp3) is 0.222. The molecule has 0 aliphatic rings. The number of carboxylic acid groups (broad SMARTS) is 1. The molecule has 1 rings (SSSR count). The molecule has 0 aliphatic heterocycles. The number of aryl methyl sites for hydroxylation is 1. The van der Waals surface area contributed by atoms with Crippen LogP contribution >= 0.6 is 12.4 Å². The smallest absolute Gasteiger partial charge is 0.342 e. The van der Waals surface area contributed by atoms with E-state index in [2.05, 4.69) is 5.32 Å². The van der Waals surface area contributed by atoms with Crippen LogP contribution in [0.25, 0.3) is 0 Å². The van der Waals surface area contributed by atoms with Gasteiger partial charge in [-0.1, -0.05) is 0 Å². The van der Waals surface area contributed by atoms with Gasteiger partial charge in [0.1, 0.15) is 5.56 Å². The van der Waals surface area contributed by atoms with Crippen LogP contribution in [-0.4, -0.2) is 23.0 Å². The molecule has 2 N–H and O–H groups in total. The van der Waals surface area contributed by atoms with E-state index in [0.717, 1.165) is 0 Å². The van der Waals surface area contributed by atoms with Gasteiger partial charge >= 0.3 is 5.97 Å². The maximum atomic E-state index is 10.8. The second-order valence-corrected chi connectivity index (χ2v) is 3.00. The van der Waals surface area contributed by atoms with E-state index in [9.17, 15) is 14.9 Å². The molecule has 0 spiro atoms. The van der Waals surface area contributed by atoms with E-state index in [0.29, 0.717) is 11.3 Å². The number of carbonyl (C=O) groups is 1. The van der Waals surface area contributed by atoms with Gasteiger partial charge in [0.05, 0.1) is 4.92 Å². The first-order valence-corrected chi connectivity index (χ1v) is 4.17. The van der Waals surface area contributed by atoms with E-state index in [-0.39, 0.29) is 23.7 Å². The minimum absolute atomic E-state index is 0. The van der Waals surface area contributed by atoms with Crippen molar-refractivity contribution in [2.45, 2.75) is 6.92 Å². The lowest BCUT2D eigenvalue weighted by Crippen LogP contribution is -2.05. The van der Waals surface area contributed by atoms with Crippen molar-refractivity contribution in [2.75, 3.05) is 12.4 Å². The Kier molecular flexibility index (Phi) is 4.71. The Morgan fingerprint density at radius 3 is 2.44 bits per heavy atom. The highest BCUT2D eigenvalue weighted by Crippen LogP contribution is 2.27. The molecule has 0 saturated carbocycles. The number of anilines is 1. The monoisotopic (exact) mass is 246 g/mol. The van der Waals surface area contributed by atoms with E-state index < -0.39 is 10.9 Å². The maximum absolute atomic E-state index is 10.8. The van der Waals surface area contributed by atoms with Crippen LogP contribution in [0.15, 0.2) is 12.1 Å². The van der Waals surface area contributed by atoms with Crippen LogP contribution in [0.1, 0.15) is 15.9 Å². The zero-order chi connectivity index (χ0) is 11.6. The number of nitro benzene ring substituents is 1. The van der Waals surface area contributed by atoms with E-state index >= 15 is 0 Å². The lowest BCUT2D eigenvalue weighted by atomic mass is 10.1. The molecule has 88 valence electrons. The van der Waals surface area contributed by atoms with Gasteiger partial charge < -0.3 is 10.4 Å². The minimum atomic E-state index is -1.30. The summed E-state index contributed by atoms with van der Waals surface area (Å²) >= 11 is 0. The number of rotatable bonds is 3. The second-order valence-electron chi connectivity index (χ2n) is 3.00. The van der Waals surface area contributed by atoms with Crippen LogP contribution < -0.4 is 5.32 Å². The lowest BCUT2D eigenvalue weighted by Gasteiger charge is -2.05. The number of aromatic carboxylic acids is 1. The average Bonchev–Trinajstić information content (AvgIpc) is 2.15. The number of hydrogen-bond acceptors (Lipinski definition) is 4. The molecule has 1 aromatic rings. The highest BCUT2D eigenvalue weighted by molar-refractivity contribution is 5.94. The number of nitro groups is 1. The molecule has 0 heterocycles. The molecule has 7 heteroatoms. The summed E-state index contributed by atoms with van der Waals surface area (Å²) in [5.74, 6) is -1.30. The summed E-state index contributed by atoms with van der Waals surface area (Å²) in [6, 6.07) is 2.78. The van der Waals surface area contributed by atoms with Crippen molar-refractivity contribution >= 4 is 29.8 Å². The van der Waals surface area contributed by atoms with Crippen molar-refractivity contribution in [3.8, 4) is 0 Å². The molecule has 0 aliphatic carbocycles. The molecule has 1 aromatic carbocycles. The molecule has 0 radical (unpaired) electrons. The van der Waals surface area contributed by atoms with Crippen LogP contribution in [0.3, 0.4) is 0 Å². The molecular formula is C9H11ClN2O4. The molecule has 0 atom stereocenters. The Hall–Kier alpha value is -1.82. The first-order chi connectivity index (χ1) is 6.97. The fourth-order valence-electron chi connectivity index (χ4n) is 1.33. The average molecular weight is 247 g/mol. The van der Waals surface area contributed by atoms with E-state index in [4.69, 9.17) is 5.11 Å². The zero-order valence-corrected chi connectivity index (χ0v) is 9.50. The highest BCUT2D eigenvalue weighted by atomic mass is 35.5. The molecule has 0 unspecified atom stereocenters. The third-order valence-corrected chi connectivity index (χ3v) is 2.00. The number of halogens is 1. The minimum Gasteiger partial charge on any atom is -0.477 e. The maximum Gasteiger partial charge on any atom is 0.342 e. The lowest BCUT2D eigenvalue weighted by molar-refractivity contribution is -0.385. The molecule has 16 heavy (non-hydrogen) atoms. The van der Waals surface area contributed by atoms with Crippen LogP contribution in [0, 0.1) is 17.0 Å². The predicted octanol–water partition coefficient (Wildman–Crippen LogP) is 2.06. The largest absolute Gasteiger partial charge is 0.477 e. The van der Waals surface area contributed by atoms with E-state index in [1.807, 2.05) is 0 Å². The summed E-state index contributed by atoms with van der Waals surface area (Å²) in [6.07, 6.45) is 0. The van der Waals surface area contributed by atoms with Gasteiger partial charge in [-0.15, -0.1) is 12.4 Å². The van der Waals surface area contributed by atoms with Gasteiger partial charge in [0.15, 0.2) is 0 Å². The van der Waals surface area contributed by atoms with Crippen LogP contribution in [-0.2, 0) is 0 Å². The van der Waals surface area contributed by atoms with Crippen LogP contribution in [0.5, 0.6) is 0 Å². The number of nitrogens with zero attached hydrogens (tertiary/aromatic N) is 1. The molecule has 0 fully saturated rings. The van der Waals surface area contributed by atoms with E-state index in [1.54, 1.807) is 7.05 Å². The normalized spacial score (nSPS) is 9.12. The number of benzene rings is 1. The van der Waals surface area contributed by atoms with Gasteiger partial charge in [0, 0.05) is 18.3 Å². The summed E-state index contributed by atoms with van der Waals surface area (Å²) in [5.41, 5.74) is 0.200.